The van der Waals surface area contributed by atoms with Crippen LogP contribution in [0, 0.1) is 11.8 Å². The molecule has 1 amide bonds. The SMILES string of the molecule is COC(=O)[C@@H]1[C@H]2[C@H](F)[C@H](C[C@@H]2C)N1C(=O)OC(C)(C)C. The second-order valence-corrected chi connectivity index (χ2v) is 6.66. The maximum Gasteiger partial charge on any atom is 0.411 e. The van der Waals surface area contributed by atoms with Crippen LogP contribution in [0.1, 0.15) is 34.1 Å². The van der Waals surface area contributed by atoms with Crippen molar-refractivity contribution in [3.8, 4) is 0 Å². The lowest BCUT2D eigenvalue weighted by molar-refractivity contribution is -0.149. The van der Waals surface area contributed by atoms with E-state index >= 15 is 0 Å². The molecule has 0 unspecified atom stereocenters. The Morgan fingerprint density at radius 2 is 1.90 bits per heavy atom. The topological polar surface area (TPSA) is 55.8 Å². The standard InChI is InChI=1S/C14H22FNO4/c1-7-6-8-10(15)9(7)11(12(17)19-5)16(8)13(18)20-14(2,3)4/h7-11H,6H2,1-5H3/t7-,8-,9+,10+,11-/m0/s1. The van der Waals surface area contributed by atoms with Gasteiger partial charge < -0.3 is 9.47 Å². The highest BCUT2D eigenvalue weighted by Crippen LogP contribution is 2.48. The van der Waals surface area contributed by atoms with Crippen LogP contribution >= 0.6 is 0 Å². The zero-order valence-electron chi connectivity index (χ0n) is 12.6. The minimum Gasteiger partial charge on any atom is -0.467 e. The third-order valence-electron chi connectivity index (χ3n) is 4.07. The Kier molecular flexibility index (Phi) is 3.69. The van der Waals surface area contributed by atoms with Crippen LogP contribution in [0.4, 0.5) is 9.18 Å². The van der Waals surface area contributed by atoms with Crippen molar-refractivity contribution in [1.82, 2.24) is 4.90 Å². The van der Waals surface area contributed by atoms with Crippen molar-refractivity contribution in [3.63, 3.8) is 0 Å². The number of likely N-dealkylation sites (tertiary alicyclic amines) is 1. The lowest BCUT2D eigenvalue weighted by Crippen LogP contribution is -2.52. The van der Waals surface area contributed by atoms with Crippen LogP contribution < -0.4 is 0 Å². The van der Waals surface area contributed by atoms with Crippen molar-refractivity contribution in [2.75, 3.05) is 7.11 Å². The Labute approximate surface area is 118 Å². The maximum atomic E-state index is 14.4. The van der Waals surface area contributed by atoms with E-state index in [1.807, 2.05) is 6.92 Å². The molecule has 0 aromatic heterocycles. The number of hydrogen-bond donors (Lipinski definition) is 0. The summed E-state index contributed by atoms with van der Waals surface area (Å²) < 4.78 is 24.4. The molecule has 0 N–H and O–H groups in total. The quantitative estimate of drug-likeness (QED) is 0.693. The van der Waals surface area contributed by atoms with E-state index in [2.05, 4.69) is 0 Å². The van der Waals surface area contributed by atoms with E-state index in [1.165, 1.54) is 12.0 Å². The van der Waals surface area contributed by atoms with Gasteiger partial charge in [-0.2, -0.15) is 0 Å². The van der Waals surface area contributed by atoms with Gasteiger partial charge in [-0.15, -0.1) is 0 Å². The Morgan fingerprint density at radius 1 is 1.30 bits per heavy atom. The van der Waals surface area contributed by atoms with Gasteiger partial charge in [-0.05, 0) is 33.1 Å². The van der Waals surface area contributed by atoms with Gasteiger partial charge in [-0.3, -0.25) is 4.90 Å². The Morgan fingerprint density at radius 3 is 2.40 bits per heavy atom. The average Bonchev–Trinajstić information content (AvgIpc) is 2.75. The first-order valence-corrected chi connectivity index (χ1v) is 6.90. The summed E-state index contributed by atoms with van der Waals surface area (Å²) in [7, 11) is 1.25. The third kappa shape index (κ3) is 2.36. The lowest BCUT2D eigenvalue weighted by atomic mass is 9.89. The number of nitrogens with zero attached hydrogens (tertiary/aromatic N) is 1. The van der Waals surface area contributed by atoms with E-state index in [1.54, 1.807) is 20.8 Å². The molecule has 6 heteroatoms. The molecule has 1 aliphatic heterocycles. The lowest BCUT2D eigenvalue weighted by Gasteiger charge is -2.36. The van der Waals surface area contributed by atoms with Gasteiger partial charge in [0.2, 0.25) is 0 Å². The summed E-state index contributed by atoms with van der Waals surface area (Å²) in [6.45, 7) is 7.12. The van der Waals surface area contributed by atoms with Crippen LogP contribution in [0.5, 0.6) is 0 Å². The average molecular weight is 287 g/mol. The minimum absolute atomic E-state index is 0.0535. The summed E-state index contributed by atoms with van der Waals surface area (Å²) in [6, 6.07) is -1.47. The first-order chi connectivity index (χ1) is 9.17. The molecule has 1 saturated heterocycles. The van der Waals surface area contributed by atoms with Crippen molar-refractivity contribution < 1.29 is 23.5 Å². The maximum absolute atomic E-state index is 14.4. The summed E-state index contributed by atoms with van der Waals surface area (Å²) in [6.07, 6.45) is -1.28. The minimum atomic E-state index is -1.19. The molecule has 0 radical (unpaired) electrons. The van der Waals surface area contributed by atoms with Crippen molar-refractivity contribution >= 4 is 12.1 Å². The van der Waals surface area contributed by atoms with Crippen molar-refractivity contribution in [1.29, 1.82) is 0 Å². The number of rotatable bonds is 1. The van der Waals surface area contributed by atoms with Crippen molar-refractivity contribution in [3.05, 3.63) is 0 Å². The first-order valence-electron chi connectivity index (χ1n) is 6.90. The molecule has 0 spiro atoms. The fourth-order valence-electron chi connectivity index (χ4n) is 3.34. The molecule has 0 aromatic carbocycles. The number of ether oxygens (including phenoxy) is 2. The molecule has 114 valence electrons. The van der Waals surface area contributed by atoms with Gasteiger partial charge in [-0.25, -0.2) is 14.0 Å². The predicted octanol–water partition coefficient (Wildman–Crippen LogP) is 2.14. The monoisotopic (exact) mass is 287 g/mol. The molecule has 1 saturated carbocycles. The van der Waals surface area contributed by atoms with Gasteiger partial charge in [0.25, 0.3) is 0 Å². The van der Waals surface area contributed by atoms with E-state index in [-0.39, 0.29) is 5.92 Å². The fourth-order valence-corrected chi connectivity index (χ4v) is 3.34. The van der Waals surface area contributed by atoms with Gasteiger partial charge in [-0.1, -0.05) is 6.92 Å². The molecule has 20 heavy (non-hydrogen) atoms. The highest BCUT2D eigenvalue weighted by atomic mass is 19.1. The number of carbonyl (C=O) groups excluding carboxylic acids is 2. The van der Waals surface area contributed by atoms with Crippen LogP contribution in [-0.4, -0.2) is 47.9 Å². The van der Waals surface area contributed by atoms with Gasteiger partial charge in [0.1, 0.15) is 17.8 Å². The third-order valence-corrected chi connectivity index (χ3v) is 4.07. The van der Waals surface area contributed by atoms with E-state index in [4.69, 9.17) is 9.47 Å². The molecule has 2 rings (SSSR count). The normalized spacial score (nSPS) is 36.1. The van der Waals surface area contributed by atoms with Crippen molar-refractivity contribution in [2.24, 2.45) is 11.8 Å². The second kappa shape index (κ2) is 4.90. The van der Waals surface area contributed by atoms with Crippen LogP contribution in [0.15, 0.2) is 0 Å². The molecule has 1 heterocycles. The number of fused-ring (bicyclic) bond motifs is 2. The molecule has 2 bridgehead atoms. The van der Waals surface area contributed by atoms with Crippen molar-refractivity contribution in [2.45, 2.75) is 58.0 Å². The van der Waals surface area contributed by atoms with E-state index < -0.39 is 41.8 Å². The van der Waals surface area contributed by atoms with Gasteiger partial charge in [0, 0.05) is 5.92 Å². The Bertz CT molecular complexity index is 420. The second-order valence-electron chi connectivity index (χ2n) is 6.66. The van der Waals surface area contributed by atoms with Crippen LogP contribution in [0.25, 0.3) is 0 Å². The van der Waals surface area contributed by atoms with Crippen LogP contribution in [0.3, 0.4) is 0 Å². The smallest absolute Gasteiger partial charge is 0.411 e. The molecule has 2 fully saturated rings. The number of halogens is 1. The molecule has 0 aromatic rings. The summed E-state index contributed by atoms with van der Waals surface area (Å²) >= 11 is 0. The van der Waals surface area contributed by atoms with E-state index in [9.17, 15) is 14.0 Å². The zero-order chi connectivity index (χ0) is 15.2. The highest BCUT2D eigenvalue weighted by Gasteiger charge is 2.62. The number of hydrogen-bond acceptors (Lipinski definition) is 4. The number of amides is 1. The van der Waals surface area contributed by atoms with Crippen LogP contribution in [0.2, 0.25) is 0 Å². The van der Waals surface area contributed by atoms with E-state index in [0.29, 0.717) is 6.42 Å². The number of methoxy groups -OCH3 is 1. The number of alkyl halides is 1. The number of piperidine rings is 1. The molecule has 5 atom stereocenters. The fraction of sp³-hybridized carbons (Fsp3) is 0.857. The molecule has 1 aliphatic carbocycles. The predicted molar refractivity (Wildman–Crippen MR) is 69.8 cm³/mol. The summed E-state index contributed by atoms with van der Waals surface area (Å²) in [4.78, 5) is 25.4. The van der Waals surface area contributed by atoms with E-state index in [0.717, 1.165) is 0 Å². The zero-order valence-corrected chi connectivity index (χ0v) is 12.6. The molecule has 2 aliphatic rings. The van der Waals surface area contributed by atoms with Gasteiger partial charge in [0.15, 0.2) is 0 Å². The molecule has 5 nitrogen and oxygen atoms in total. The largest absolute Gasteiger partial charge is 0.467 e. The van der Waals surface area contributed by atoms with Gasteiger partial charge >= 0.3 is 12.1 Å². The number of carbonyl (C=O) groups is 2. The number of esters is 1. The summed E-state index contributed by atoms with van der Waals surface area (Å²) in [5, 5.41) is 0. The molecular weight excluding hydrogens is 265 g/mol. The summed E-state index contributed by atoms with van der Waals surface area (Å²) in [5.74, 6) is -1.02. The Hall–Kier alpha value is -1.33. The highest BCUT2D eigenvalue weighted by molar-refractivity contribution is 5.83. The Balaban J connectivity index is 2.26. The van der Waals surface area contributed by atoms with Crippen LogP contribution in [-0.2, 0) is 14.3 Å². The molecular formula is C14H22FNO4. The summed E-state index contributed by atoms with van der Waals surface area (Å²) in [5.41, 5.74) is -0.684. The van der Waals surface area contributed by atoms with Gasteiger partial charge in [0.05, 0.1) is 13.2 Å². The first kappa shape index (κ1) is 15.1.